The zero-order valence-corrected chi connectivity index (χ0v) is 35.0. The monoisotopic (exact) mass is 793 g/mol. The Morgan fingerprint density at radius 2 is 0.946 bits per heavy atom. The third-order valence-corrected chi connectivity index (χ3v) is 11.1. The lowest BCUT2D eigenvalue weighted by Gasteiger charge is -2.36. The third-order valence-electron chi connectivity index (χ3n) is 11.1. The Morgan fingerprint density at radius 3 is 1.36 bits per heavy atom. The summed E-state index contributed by atoms with van der Waals surface area (Å²) in [5.41, 5.74) is 5.53. The number of unbranched alkanes of at least 4 members (excludes halogenated alkanes) is 14. The van der Waals surface area contributed by atoms with Gasteiger partial charge in [-0.15, -0.1) is 0 Å². The van der Waals surface area contributed by atoms with Crippen LogP contribution in [-0.4, -0.2) is 31.2 Å². The molecule has 1 fully saturated rings. The van der Waals surface area contributed by atoms with Gasteiger partial charge in [-0.1, -0.05) is 128 Å². The van der Waals surface area contributed by atoms with Crippen LogP contribution in [0.15, 0.2) is 24.3 Å². The van der Waals surface area contributed by atoms with Crippen molar-refractivity contribution in [2.45, 2.75) is 188 Å². The van der Waals surface area contributed by atoms with Crippen LogP contribution in [0.25, 0.3) is 0 Å². The van der Waals surface area contributed by atoms with Gasteiger partial charge in [-0.05, 0) is 76.3 Å². The molecule has 0 unspecified atom stereocenters. The van der Waals surface area contributed by atoms with Crippen LogP contribution in [0.5, 0.6) is 0 Å². The summed E-state index contributed by atoms with van der Waals surface area (Å²) in [6, 6.07) is 6.61. The van der Waals surface area contributed by atoms with Gasteiger partial charge in [0, 0.05) is 30.3 Å². The summed E-state index contributed by atoms with van der Waals surface area (Å²) in [5.74, 6) is -4.10. The van der Waals surface area contributed by atoms with E-state index in [1.54, 1.807) is 38.1 Å². The molecule has 56 heavy (non-hydrogen) atoms. The number of nitrogens with one attached hydrogen (secondary N) is 1. The highest BCUT2D eigenvalue weighted by Gasteiger charge is 2.50. The van der Waals surface area contributed by atoms with Crippen molar-refractivity contribution in [3.63, 3.8) is 0 Å². The summed E-state index contributed by atoms with van der Waals surface area (Å²) in [5, 5.41) is 3.27. The fourth-order valence-electron chi connectivity index (χ4n) is 7.44. The van der Waals surface area contributed by atoms with E-state index in [1.165, 1.54) is 70.6 Å². The Morgan fingerprint density at radius 1 is 0.589 bits per heavy atom. The molecule has 1 saturated carbocycles. The smallest absolute Gasteiger partial charge is 0.323 e. The number of carbonyl (C=O) groups is 2. The SMILES string of the molecule is CCCCCCCCCCc1ccc(CN)c(F)c1F.CCCCCCCCCCc1ccc(CNC2CCC(C(=O)OCC)(C(=O)OCC)CC2)c(F)c1F. The van der Waals surface area contributed by atoms with E-state index in [2.05, 4.69) is 19.2 Å². The number of carbonyl (C=O) groups excluding carboxylic acids is 2. The number of ether oxygens (including phenoxy) is 2. The lowest BCUT2D eigenvalue weighted by molar-refractivity contribution is -0.175. The first-order valence-electron chi connectivity index (χ1n) is 21.8. The Balaban J connectivity index is 0.000000457. The molecule has 0 bridgehead atoms. The van der Waals surface area contributed by atoms with Gasteiger partial charge in [-0.2, -0.15) is 0 Å². The van der Waals surface area contributed by atoms with Gasteiger partial charge >= 0.3 is 11.9 Å². The zero-order chi connectivity index (χ0) is 41.2. The van der Waals surface area contributed by atoms with Gasteiger partial charge in [0.15, 0.2) is 28.7 Å². The van der Waals surface area contributed by atoms with Gasteiger partial charge in [0.1, 0.15) is 0 Å². The summed E-state index contributed by atoms with van der Waals surface area (Å²) >= 11 is 0. The molecule has 0 spiro atoms. The molecule has 1 aliphatic carbocycles. The second-order valence-electron chi connectivity index (χ2n) is 15.4. The lowest BCUT2D eigenvalue weighted by atomic mass is 9.72. The second-order valence-corrected chi connectivity index (χ2v) is 15.4. The van der Waals surface area contributed by atoms with Gasteiger partial charge in [-0.25, -0.2) is 17.6 Å². The van der Waals surface area contributed by atoms with Crippen molar-refractivity contribution in [1.29, 1.82) is 0 Å². The van der Waals surface area contributed by atoms with Crippen LogP contribution in [-0.2, 0) is 45.0 Å². The molecule has 0 heterocycles. The summed E-state index contributed by atoms with van der Waals surface area (Å²) in [6.45, 7) is 8.46. The van der Waals surface area contributed by atoms with Crippen LogP contribution in [0.2, 0.25) is 0 Å². The van der Waals surface area contributed by atoms with E-state index in [4.69, 9.17) is 15.2 Å². The van der Waals surface area contributed by atoms with Crippen molar-refractivity contribution in [3.8, 4) is 0 Å². The number of hydrogen-bond donors (Lipinski definition) is 2. The quantitative estimate of drug-likeness (QED) is 0.0427. The van der Waals surface area contributed by atoms with E-state index >= 15 is 0 Å². The van der Waals surface area contributed by atoms with Crippen LogP contribution < -0.4 is 11.1 Å². The topological polar surface area (TPSA) is 90.6 Å². The molecule has 0 aromatic heterocycles. The van der Waals surface area contributed by atoms with E-state index in [-0.39, 0.29) is 37.9 Å². The van der Waals surface area contributed by atoms with Gasteiger partial charge in [0.05, 0.1) is 13.2 Å². The lowest BCUT2D eigenvalue weighted by Crippen LogP contribution is -2.47. The Kier molecular flexibility index (Phi) is 25.0. The van der Waals surface area contributed by atoms with Crippen molar-refractivity contribution in [1.82, 2.24) is 5.32 Å². The maximum absolute atomic E-state index is 14.7. The predicted molar refractivity (Wildman–Crippen MR) is 218 cm³/mol. The molecular weight excluding hydrogens is 721 g/mol. The summed E-state index contributed by atoms with van der Waals surface area (Å²) in [6.07, 6.45) is 21.8. The minimum Gasteiger partial charge on any atom is -0.465 e. The molecular formula is C46H72F4N2O4. The first kappa shape index (κ1) is 49.2. The Bertz CT molecular complexity index is 1390. The maximum Gasteiger partial charge on any atom is 0.323 e. The van der Waals surface area contributed by atoms with E-state index in [1.807, 2.05) is 0 Å². The average molecular weight is 793 g/mol. The molecule has 0 atom stereocenters. The molecule has 0 aliphatic heterocycles. The van der Waals surface area contributed by atoms with Crippen molar-refractivity contribution in [2.24, 2.45) is 11.1 Å². The van der Waals surface area contributed by atoms with Gasteiger partial charge in [0.25, 0.3) is 0 Å². The highest BCUT2D eigenvalue weighted by molar-refractivity contribution is 6.00. The molecule has 6 nitrogen and oxygen atoms in total. The zero-order valence-electron chi connectivity index (χ0n) is 35.0. The largest absolute Gasteiger partial charge is 0.465 e. The van der Waals surface area contributed by atoms with E-state index in [9.17, 15) is 27.2 Å². The summed E-state index contributed by atoms with van der Waals surface area (Å²) < 4.78 is 67.0. The molecule has 3 rings (SSSR count). The minimum absolute atomic E-state index is 0.0126. The van der Waals surface area contributed by atoms with Crippen LogP contribution in [0.1, 0.15) is 178 Å². The van der Waals surface area contributed by atoms with Gasteiger partial charge in [-0.3, -0.25) is 9.59 Å². The van der Waals surface area contributed by atoms with E-state index < -0.39 is 40.6 Å². The van der Waals surface area contributed by atoms with Crippen LogP contribution in [0, 0.1) is 28.7 Å². The maximum atomic E-state index is 14.7. The number of aryl methyl sites for hydroxylation is 2. The number of esters is 2. The molecule has 0 radical (unpaired) electrons. The second kappa shape index (κ2) is 28.4. The number of nitrogens with two attached hydrogens (primary N) is 1. The molecule has 2 aromatic carbocycles. The minimum atomic E-state index is -1.28. The molecule has 2 aromatic rings. The standard InChI is InChI=1S/C29H45F2NO4.C17H27F2N/c1-4-7-8-9-10-11-12-13-14-22-15-16-23(26(31)25(22)30)21-32-24-17-19-29(20-18-24,27(33)35-5-2)28(34)36-6-3;1-2-3-4-5-6-7-8-9-10-14-11-12-15(13-20)17(19)16(14)18/h15-16,24,32H,4-14,17-21H2,1-3H3;11-12H,2-10,13,20H2,1H3. The summed E-state index contributed by atoms with van der Waals surface area (Å²) in [7, 11) is 0. The molecule has 0 amide bonds. The molecule has 318 valence electrons. The van der Waals surface area contributed by atoms with E-state index in [0.717, 1.165) is 32.1 Å². The first-order chi connectivity index (χ1) is 27.1. The average Bonchev–Trinajstić information content (AvgIpc) is 3.20. The molecule has 10 heteroatoms. The Labute approximate surface area is 335 Å². The number of rotatable bonds is 26. The number of hydrogen-bond acceptors (Lipinski definition) is 6. The van der Waals surface area contributed by atoms with Crippen molar-refractivity contribution >= 4 is 11.9 Å². The molecule has 1 aliphatic rings. The highest BCUT2D eigenvalue weighted by Crippen LogP contribution is 2.39. The third kappa shape index (κ3) is 16.5. The van der Waals surface area contributed by atoms with Crippen molar-refractivity contribution in [2.75, 3.05) is 13.2 Å². The fraction of sp³-hybridized carbons (Fsp3) is 0.696. The van der Waals surface area contributed by atoms with Crippen molar-refractivity contribution in [3.05, 3.63) is 69.8 Å². The predicted octanol–water partition coefficient (Wildman–Crippen LogP) is 11.9. The normalized spacial score (nSPS) is 13.9. The fourth-order valence-corrected chi connectivity index (χ4v) is 7.44. The highest BCUT2D eigenvalue weighted by atomic mass is 19.2. The van der Waals surface area contributed by atoms with Gasteiger partial charge < -0.3 is 20.5 Å². The van der Waals surface area contributed by atoms with Gasteiger partial charge in [0.2, 0.25) is 0 Å². The van der Waals surface area contributed by atoms with Crippen LogP contribution in [0.4, 0.5) is 17.6 Å². The van der Waals surface area contributed by atoms with Crippen LogP contribution in [0.3, 0.4) is 0 Å². The number of benzene rings is 2. The molecule has 3 N–H and O–H groups in total. The van der Waals surface area contributed by atoms with E-state index in [0.29, 0.717) is 55.2 Å². The van der Waals surface area contributed by atoms with Crippen LogP contribution >= 0.6 is 0 Å². The van der Waals surface area contributed by atoms with Crippen molar-refractivity contribution < 1.29 is 36.6 Å². The Hall–Kier alpha value is -2.98. The molecule has 0 saturated heterocycles. The number of halogens is 4. The first-order valence-corrected chi connectivity index (χ1v) is 21.8. The summed E-state index contributed by atoms with van der Waals surface area (Å²) in [4.78, 5) is 25.1.